The molecule has 1 aliphatic heterocycles. The number of nitriles is 1. The summed E-state index contributed by atoms with van der Waals surface area (Å²) in [5.41, 5.74) is 5.93. The molecule has 0 bridgehead atoms. The van der Waals surface area contributed by atoms with Crippen molar-refractivity contribution in [3.8, 4) is 17.3 Å². The Morgan fingerprint density at radius 2 is 2.04 bits per heavy atom. The highest BCUT2D eigenvalue weighted by molar-refractivity contribution is 5.61. The molecular formula is C21H19N5. The van der Waals surface area contributed by atoms with Gasteiger partial charge < -0.3 is 0 Å². The van der Waals surface area contributed by atoms with Crippen LogP contribution in [0.5, 0.6) is 0 Å². The summed E-state index contributed by atoms with van der Waals surface area (Å²) in [5, 5.41) is 9.09. The minimum absolute atomic E-state index is 0.651. The second-order valence-corrected chi connectivity index (χ2v) is 6.56. The van der Waals surface area contributed by atoms with Crippen LogP contribution in [0.1, 0.15) is 28.3 Å². The third-order valence-corrected chi connectivity index (χ3v) is 4.61. The van der Waals surface area contributed by atoms with Crippen molar-refractivity contribution in [3.63, 3.8) is 0 Å². The van der Waals surface area contributed by atoms with Gasteiger partial charge in [-0.05, 0) is 31.2 Å². The molecule has 0 saturated carbocycles. The van der Waals surface area contributed by atoms with E-state index < -0.39 is 0 Å². The summed E-state index contributed by atoms with van der Waals surface area (Å²) in [6, 6.07) is 15.8. The van der Waals surface area contributed by atoms with E-state index in [2.05, 4.69) is 27.0 Å². The Morgan fingerprint density at radius 1 is 1.15 bits per heavy atom. The molecule has 0 amide bonds. The van der Waals surface area contributed by atoms with E-state index in [0.717, 1.165) is 48.8 Å². The van der Waals surface area contributed by atoms with Crippen molar-refractivity contribution in [2.75, 3.05) is 6.54 Å². The predicted octanol–water partition coefficient (Wildman–Crippen LogP) is 3.28. The van der Waals surface area contributed by atoms with Crippen molar-refractivity contribution in [1.29, 1.82) is 5.26 Å². The van der Waals surface area contributed by atoms with Crippen LogP contribution in [0, 0.1) is 18.3 Å². The first-order valence-electron chi connectivity index (χ1n) is 8.71. The molecule has 1 aliphatic rings. The number of rotatable bonds is 3. The minimum atomic E-state index is 0.651. The summed E-state index contributed by atoms with van der Waals surface area (Å²) in [6.07, 6.45) is 2.89. The van der Waals surface area contributed by atoms with Crippen molar-refractivity contribution in [2.24, 2.45) is 0 Å². The minimum Gasteiger partial charge on any atom is -0.293 e. The maximum absolute atomic E-state index is 9.09. The van der Waals surface area contributed by atoms with Crippen molar-refractivity contribution in [2.45, 2.75) is 26.4 Å². The van der Waals surface area contributed by atoms with Crippen LogP contribution in [-0.4, -0.2) is 26.4 Å². The summed E-state index contributed by atoms with van der Waals surface area (Å²) in [7, 11) is 0. The molecule has 0 unspecified atom stereocenters. The normalized spacial score (nSPS) is 13.8. The van der Waals surface area contributed by atoms with Crippen LogP contribution in [0.3, 0.4) is 0 Å². The van der Waals surface area contributed by atoms with Gasteiger partial charge in [-0.3, -0.25) is 9.88 Å². The molecule has 4 rings (SSSR count). The molecular weight excluding hydrogens is 322 g/mol. The molecule has 3 aromatic rings. The van der Waals surface area contributed by atoms with Crippen LogP contribution >= 0.6 is 0 Å². The van der Waals surface area contributed by atoms with E-state index in [9.17, 15) is 0 Å². The smallest absolute Gasteiger partial charge is 0.125 e. The van der Waals surface area contributed by atoms with Crippen molar-refractivity contribution >= 4 is 0 Å². The molecule has 3 heterocycles. The molecule has 0 aliphatic carbocycles. The zero-order valence-electron chi connectivity index (χ0n) is 14.7. The van der Waals surface area contributed by atoms with Crippen LogP contribution in [-0.2, 0) is 19.5 Å². The highest BCUT2D eigenvalue weighted by atomic mass is 15.1. The second kappa shape index (κ2) is 7.03. The van der Waals surface area contributed by atoms with E-state index in [4.69, 9.17) is 10.2 Å². The number of hydrogen-bond acceptors (Lipinski definition) is 5. The molecule has 1 aromatic carbocycles. The molecule has 2 aromatic heterocycles. The van der Waals surface area contributed by atoms with Crippen LogP contribution < -0.4 is 0 Å². The van der Waals surface area contributed by atoms with Gasteiger partial charge in [0.2, 0.25) is 0 Å². The third-order valence-electron chi connectivity index (χ3n) is 4.61. The zero-order chi connectivity index (χ0) is 17.9. The van der Waals surface area contributed by atoms with E-state index in [1.165, 1.54) is 11.3 Å². The summed E-state index contributed by atoms with van der Waals surface area (Å²) < 4.78 is 0. The molecule has 0 spiro atoms. The van der Waals surface area contributed by atoms with Gasteiger partial charge in [-0.2, -0.15) is 5.26 Å². The molecule has 26 heavy (non-hydrogen) atoms. The van der Waals surface area contributed by atoms with Gasteiger partial charge >= 0.3 is 0 Å². The lowest BCUT2D eigenvalue weighted by Gasteiger charge is -2.27. The maximum atomic E-state index is 9.09. The summed E-state index contributed by atoms with van der Waals surface area (Å²) in [6.45, 7) is 4.55. The number of aromatic nitrogens is 3. The van der Waals surface area contributed by atoms with Crippen LogP contribution in [0.4, 0.5) is 0 Å². The van der Waals surface area contributed by atoms with E-state index in [-0.39, 0.29) is 0 Å². The maximum Gasteiger partial charge on any atom is 0.125 e. The van der Waals surface area contributed by atoms with Crippen LogP contribution in [0.25, 0.3) is 11.3 Å². The number of benzene rings is 1. The quantitative estimate of drug-likeness (QED) is 0.731. The van der Waals surface area contributed by atoms with Crippen LogP contribution in [0.15, 0.2) is 48.7 Å². The lowest BCUT2D eigenvalue weighted by molar-refractivity contribution is 0.240. The van der Waals surface area contributed by atoms with Gasteiger partial charge in [0.25, 0.3) is 0 Å². The average molecular weight is 341 g/mol. The van der Waals surface area contributed by atoms with Gasteiger partial charge in [-0.25, -0.2) is 9.97 Å². The van der Waals surface area contributed by atoms with Gasteiger partial charge in [0.05, 0.1) is 23.0 Å². The Balaban J connectivity index is 1.53. The van der Waals surface area contributed by atoms with Gasteiger partial charge in [0.1, 0.15) is 5.82 Å². The Hall–Kier alpha value is -3.10. The van der Waals surface area contributed by atoms with Crippen LogP contribution in [0.2, 0.25) is 0 Å². The first-order chi connectivity index (χ1) is 12.7. The molecule has 5 heteroatoms. The summed E-state index contributed by atoms with van der Waals surface area (Å²) >= 11 is 0. The first kappa shape index (κ1) is 16.4. The number of aryl methyl sites for hydroxylation is 1. The number of hydrogen-bond donors (Lipinski definition) is 0. The molecule has 0 saturated heterocycles. The van der Waals surface area contributed by atoms with Crippen molar-refractivity contribution < 1.29 is 0 Å². The zero-order valence-corrected chi connectivity index (χ0v) is 14.7. The van der Waals surface area contributed by atoms with E-state index in [1.54, 1.807) is 0 Å². The Kier molecular flexibility index (Phi) is 4.42. The molecule has 128 valence electrons. The van der Waals surface area contributed by atoms with E-state index >= 15 is 0 Å². The largest absolute Gasteiger partial charge is 0.293 e. The van der Waals surface area contributed by atoms with Crippen molar-refractivity contribution in [3.05, 3.63) is 77.0 Å². The fourth-order valence-corrected chi connectivity index (χ4v) is 3.31. The monoisotopic (exact) mass is 341 g/mol. The lowest BCUT2D eigenvalue weighted by Crippen LogP contribution is -2.31. The molecule has 0 N–H and O–H groups in total. The van der Waals surface area contributed by atoms with Gasteiger partial charge in [0.15, 0.2) is 0 Å². The fourth-order valence-electron chi connectivity index (χ4n) is 3.31. The SMILES string of the molecule is Cc1ncc2c(n1)CCN(Cc1cccc(-c3cccc(C#N)c3)n1)C2. The van der Waals surface area contributed by atoms with Gasteiger partial charge in [-0.1, -0.05) is 18.2 Å². The molecule has 0 atom stereocenters. The lowest BCUT2D eigenvalue weighted by atomic mass is 10.1. The Bertz CT molecular complexity index is 990. The van der Waals surface area contributed by atoms with E-state index in [1.807, 2.05) is 49.5 Å². The molecule has 5 nitrogen and oxygen atoms in total. The predicted molar refractivity (Wildman–Crippen MR) is 99.0 cm³/mol. The highest BCUT2D eigenvalue weighted by Gasteiger charge is 2.18. The van der Waals surface area contributed by atoms with Gasteiger partial charge in [-0.15, -0.1) is 0 Å². The third kappa shape index (κ3) is 3.46. The van der Waals surface area contributed by atoms with E-state index in [0.29, 0.717) is 5.56 Å². The molecule has 0 radical (unpaired) electrons. The standard InChI is InChI=1S/C21H19N5/c1-15-23-12-18-13-26(9-8-21(18)24-15)14-19-6-3-7-20(25-19)17-5-2-4-16(10-17)11-22/h2-7,10,12H,8-9,13-14H2,1H3. The number of nitrogens with zero attached hydrogens (tertiary/aromatic N) is 5. The average Bonchev–Trinajstić information content (AvgIpc) is 2.68. The first-order valence-corrected chi connectivity index (χ1v) is 8.71. The second-order valence-electron chi connectivity index (χ2n) is 6.56. The fraction of sp³-hybridized carbons (Fsp3) is 0.238. The number of fused-ring (bicyclic) bond motifs is 1. The highest BCUT2D eigenvalue weighted by Crippen LogP contribution is 2.21. The number of pyridine rings is 1. The molecule has 0 fully saturated rings. The summed E-state index contributed by atoms with van der Waals surface area (Å²) in [5.74, 6) is 0.839. The Morgan fingerprint density at radius 3 is 2.92 bits per heavy atom. The summed E-state index contributed by atoms with van der Waals surface area (Å²) in [4.78, 5) is 16.0. The van der Waals surface area contributed by atoms with Gasteiger partial charge in [0, 0.05) is 49.1 Å². The Labute approximate surface area is 153 Å². The van der Waals surface area contributed by atoms with Crippen molar-refractivity contribution in [1.82, 2.24) is 19.9 Å². The topological polar surface area (TPSA) is 65.7 Å².